The molecule has 23 heavy (non-hydrogen) atoms. The number of carboxylic acids is 1. The number of aromatic nitrogens is 3. The van der Waals surface area contributed by atoms with Crippen molar-refractivity contribution < 1.29 is 14.7 Å². The average molecular weight is 328 g/mol. The van der Waals surface area contributed by atoms with Crippen molar-refractivity contribution in [1.82, 2.24) is 19.9 Å². The number of carbonyl (C=O) groups is 2. The zero-order chi connectivity index (χ0) is 16.0. The van der Waals surface area contributed by atoms with Gasteiger partial charge < -0.3 is 15.0 Å². The number of H-pyrrole nitrogens is 1. The molecule has 0 atom stereocenters. The number of carbonyl (C=O) groups excluding carboxylic acids is 1. The fourth-order valence-corrected chi connectivity index (χ4v) is 3.86. The predicted molar refractivity (Wildman–Crippen MR) is 83.6 cm³/mol. The molecular weight excluding hydrogens is 316 g/mol. The van der Waals surface area contributed by atoms with E-state index in [0.717, 1.165) is 10.4 Å². The highest BCUT2D eigenvalue weighted by Crippen LogP contribution is 2.29. The van der Waals surface area contributed by atoms with Gasteiger partial charge in [-0.25, -0.2) is 14.8 Å². The number of rotatable bonds is 2. The Labute approximate surface area is 134 Å². The molecule has 0 aliphatic carbocycles. The Morgan fingerprint density at radius 2 is 2.22 bits per heavy atom. The Morgan fingerprint density at radius 1 is 1.35 bits per heavy atom. The van der Waals surface area contributed by atoms with Crippen molar-refractivity contribution in [2.75, 3.05) is 6.54 Å². The lowest BCUT2D eigenvalue weighted by Gasteiger charge is -2.26. The summed E-state index contributed by atoms with van der Waals surface area (Å²) >= 11 is 1.23. The molecule has 7 nitrogen and oxygen atoms in total. The summed E-state index contributed by atoms with van der Waals surface area (Å²) in [5.41, 5.74) is 2.02. The first-order valence-corrected chi connectivity index (χ1v) is 7.87. The van der Waals surface area contributed by atoms with Gasteiger partial charge in [0.2, 0.25) is 0 Å². The molecule has 4 heterocycles. The number of amides is 1. The molecule has 0 saturated heterocycles. The van der Waals surface area contributed by atoms with Crippen LogP contribution in [0.25, 0.3) is 11.0 Å². The van der Waals surface area contributed by atoms with Gasteiger partial charge in [0, 0.05) is 17.6 Å². The van der Waals surface area contributed by atoms with Crippen LogP contribution in [0.2, 0.25) is 0 Å². The van der Waals surface area contributed by atoms with Crippen LogP contribution in [0.4, 0.5) is 0 Å². The van der Waals surface area contributed by atoms with Crippen molar-refractivity contribution in [1.29, 1.82) is 0 Å². The van der Waals surface area contributed by atoms with Gasteiger partial charge in [-0.05, 0) is 24.1 Å². The highest BCUT2D eigenvalue weighted by Gasteiger charge is 2.26. The van der Waals surface area contributed by atoms with Crippen LogP contribution in [0.5, 0.6) is 0 Å². The zero-order valence-corrected chi connectivity index (χ0v) is 12.8. The quantitative estimate of drug-likeness (QED) is 0.749. The first kappa shape index (κ1) is 13.9. The molecule has 116 valence electrons. The molecule has 0 bridgehead atoms. The van der Waals surface area contributed by atoms with Crippen molar-refractivity contribution in [2.45, 2.75) is 13.0 Å². The van der Waals surface area contributed by atoms with Gasteiger partial charge >= 0.3 is 5.97 Å². The van der Waals surface area contributed by atoms with Crippen molar-refractivity contribution in [3.05, 3.63) is 45.7 Å². The van der Waals surface area contributed by atoms with Gasteiger partial charge in [-0.3, -0.25) is 4.79 Å². The third-order valence-corrected chi connectivity index (χ3v) is 5.09. The lowest BCUT2D eigenvalue weighted by atomic mass is 10.1. The van der Waals surface area contributed by atoms with Crippen LogP contribution in [-0.2, 0) is 13.0 Å². The topological polar surface area (TPSA) is 99.2 Å². The second kappa shape index (κ2) is 5.17. The summed E-state index contributed by atoms with van der Waals surface area (Å²) in [4.78, 5) is 38.0. The second-order valence-electron chi connectivity index (χ2n) is 5.30. The van der Waals surface area contributed by atoms with Gasteiger partial charge in [0.15, 0.2) is 0 Å². The van der Waals surface area contributed by atoms with Crippen LogP contribution < -0.4 is 0 Å². The Balaban J connectivity index is 1.65. The number of hydrogen-bond acceptors (Lipinski definition) is 5. The van der Waals surface area contributed by atoms with E-state index in [-0.39, 0.29) is 5.91 Å². The maximum Gasteiger partial charge on any atom is 0.345 e. The van der Waals surface area contributed by atoms with Crippen LogP contribution in [-0.4, -0.2) is 43.4 Å². The summed E-state index contributed by atoms with van der Waals surface area (Å²) in [6.45, 7) is 0.972. The molecule has 1 aliphatic heterocycles. The number of aromatic amines is 1. The minimum absolute atomic E-state index is 0.159. The maximum atomic E-state index is 12.8. The number of fused-ring (bicyclic) bond motifs is 2. The Hall–Kier alpha value is -2.74. The van der Waals surface area contributed by atoms with Gasteiger partial charge in [-0.1, -0.05) is 0 Å². The van der Waals surface area contributed by atoms with E-state index in [4.69, 9.17) is 5.11 Å². The summed E-state index contributed by atoms with van der Waals surface area (Å²) in [5.74, 6) is -1.08. The summed E-state index contributed by atoms with van der Waals surface area (Å²) in [6, 6.07) is 3.49. The Morgan fingerprint density at radius 3 is 3.04 bits per heavy atom. The number of hydrogen-bond donors (Lipinski definition) is 2. The van der Waals surface area contributed by atoms with Gasteiger partial charge in [-0.2, -0.15) is 0 Å². The Bertz CT molecular complexity index is 930. The van der Waals surface area contributed by atoms with E-state index in [1.54, 1.807) is 23.2 Å². The van der Waals surface area contributed by atoms with Crippen LogP contribution in [0.15, 0.2) is 24.7 Å². The van der Waals surface area contributed by atoms with E-state index in [0.29, 0.717) is 41.1 Å². The fourth-order valence-electron chi connectivity index (χ4n) is 2.79. The standard InChI is InChI=1S/C15H12N4O3S/c20-14(12-9-1-3-16-13(9)18-7-17-12)19-4-2-8-5-10(15(21)22)23-11(8)6-19/h1,3,5,7H,2,4,6H2,(H,21,22)(H,16,17,18). The summed E-state index contributed by atoms with van der Waals surface area (Å²) in [5, 5.41) is 9.79. The SMILES string of the molecule is O=C(O)c1cc2c(s1)CN(C(=O)c1ncnc3[nH]ccc13)CC2. The molecule has 0 radical (unpaired) electrons. The van der Waals surface area contributed by atoms with Crippen molar-refractivity contribution >= 4 is 34.2 Å². The summed E-state index contributed by atoms with van der Waals surface area (Å²) in [7, 11) is 0. The maximum absolute atomic E-state index is 12.8. The highest BCUT2D eigenvalue weighted by atomic mass is 32.1. The largest absolute Gasteiger partial charge is 0.477 e. The lowest BCUT2D eigenvalue weighted by molar-refractivity contribution is 0.0699. The van der Waals surface area contributed by atoms with Gasteiger partial charge in [0.1, 0.15) is 22.5 Å². The van der Waals surface area contributed by atoms with E-state index in [9.17, 15) is 9.59 Å². The van der Waals surface area contributed by atoms with Crippen LogP contribution >= 0.6 is 11.3 Å². The van der Waals surface area contributed by atoms with E-state index in [1.165, 1.54) is 17.7 Å². The van der Waals surface area contributed by atoms with E-state index in [2.05, 4.69) is 15.0 Å². The molecule has 0 fully saturated rings. The zero-order valence-electron chi connectivity index (χ0n) is 11.9. The third kappa shape index (κ3) is 2.27. The number of nitrogens with one attached hydrogen (secondary N) is 1. The van der Waals surface area contributed by atoms with E-state index in [1.807, 2.05) is 0 Å². The molecule has 8 heteroatoms. The second-order valence-corrected chi connectivity index (χ2v) is 6.44. The molecular formula is C15H12N4O3S. The molecule has 1 amide bonds. The monoisotopic (exact) mass is 328 g/mol. The van der Waals surface area contributed by atoms with E-state index < -0.39 is 5.97 Å². The molecule has 3 aromatic heterocycles. The number of nitrogens with zero attached hydrogens (tertiary/aromatic N) is 3. The minimum atomic E-state index is -0.924. The minimum Gasteiger partial charge on any atom is -0.477 e. The number of thiophene rings is 1. The molecule has 4 rings (SSSR count). The predicted octanol–water partition coefficient (Wildman–Crippen LogP) is 1.92. The van der Waals surface area contributed by atoms with Gasteiger partial charge in [-0.15, -0.1) is 11.3 Å². The third-order valence-electron chi connectivity index (χ3n) is 3.94. The molecule has 0 aromatic carbocycles. The van der Waals surface area contributed by atoms with Gasteiger partial charge in [0.05, 0.1) is 11.9 Å². The lowest BCUT2D eigenvalue weighted by Crippen LogP contribution is -2.35. The molecule has 2 N–H and O–H groups in total. The fraction of sp³-hybridized carbons (Fsp3) is 0.200. The number of aromatic carboxylic acids is 1. The summed E-state index contributed by atoms with van der Waals surface area (Å²) in [6.07, 6.45) is 3.75. The average Bonchev–Trinajstić information content (AvgIpc) is 3.19. The Kier molecular flexibility index (Phi) is 3.12. The normalized spacial score (nSPS) is 14.0. The van der Waals surface area contributed by atoms with Crippen molar-refractivity contribution in [3.63, 3.8) is 0 Å². The van der Waals surface area contributed by atoms with Gasteiger partial charge in [0.25, 0.3) is 5.91 Å². The molecule has 3 aromatic rings. The summed E-state index contributed by atoms with van der Waals surface area (Å²) < 4.78 is 0. The smallest absolute Gasteiger partial charge is 0.345 e. The highest BCUT2D eigenvalue weighted by molar-refractivity contribution is 7.14. The van der Waals surface area contributed by atoms with Crippen LogP contribution in [0.3, 0.4) is 0 Å². The first-order chi connectivity index (χ1) is 11.1. The van der Waals surface area contributed by atoms with Crippen LogP contribution in [0.1, 0.15) is 30.6 Å². The molecule has 1 aliphatic rings. The van der Waals surface area contributed by atoms with E-state index >= 15 is 0 Å². The van der Waals surface area contributed by atoms with Crippen molar-refractivity contribution in [2.24, 2.45) is 0 Å². The molecule has 0 unspecified atom stereocenters. The molecule has 0 saturated carbocycles. The number of carboxylic acid groups (broad SMARTS) is 1. The first-order valence-electron chi connectivity index (χ1n) is 7.05. The molecule has 0 spiro atoms. The van der Waals surface area contributed by atoms with Crippen LogP contribution in [0, 0.1) is 0 Å². The van der Waals surface area contributed by atoms with Crippen molar-refractivity contribution in [3.8, 4) is 0 Å².